The molecule has 19 heavy (non-hydrogen) atoms. The highest BCUT2D eigenvalue weighted by molar-refractivity contribution is 6.89. The zero-order valence-corrected chi connectivity index (χ0v) is 14.4. The number of hydrogen-bond donors (Lipinski definition) is 1. The van der Waals surface area contributed by atoms with Gasteiger partial charge in [-0.3, -0.25) is 0 Å². The first-order valence-electron chi connectivity index (χ1n) is 7.30. The van der Waals surface area contributed by atoms with Crippen LogP contribution < -0.4 is 0 Å². The minimum Gasteiger partial charge on any atom is -0.478 e. The summed E-state index contributed by atoms with van der Waals surface area (Å²) in [6.45, 7) is 16.8. The third kappa shape index (κ3) is 3.82. The van der Waals surface area contributed by atoms with Crippen molar-refractivity contribution in [2.75, 3.05) is 0 Å². The Kier molecular flexibility index (Phi) is 7.35. The van der Waals surface area contributed by atoms with Crippen LogP contribution in [0.25, 0.3) is 0 Å². The van der Waals surface area contributed by atoms with Gasteiger partial charge in [-0.2, -0.15) is 0 Å². The fourth-order valence-corrected chi connectivity index (χ4v) is 9.26. The molecule has 0 radical (unpaired) electrons. The standard InChI is InChI=1S/C16H30O2Si/c1-8-10-15(14(7)16(17)18)19(11-9-2,12(3)4)13(5)6/h9,12-13H,2,8,10-11H2,1,3-7H3,(H,17,18). The van der Waals surface area contributed by atoms with Crippen LogP contribution in [0.1, 0.15) is 54.4 Å². The summed E-state index contributed by atoms with van der Waals surface area (Å²) >= 11 is 0. The van der Waals surface area contributed by atoms with Gasteiger partial charge in [0.05, 0.1) is 8.07 Å². The minimum atomic E-state index is -1.85. The first-order chi connectivity index (χ1) is 8.75. The van der Waals surface area contributed by atoms with Crippen LogP contribution in [0.3, 0.4) is 0 Å². The Balaban J connectivity index is 6.10. The fraction of sp³-hybridized carbons (Fsp3) is 0.688. The molecule has 0 saturated carbocycles. The van der Waals surface area contributed by atoms with E-state index in [0.29, 0.717) is 16.7 Å². The predicted octanol–water partition coefficient (Wildman–Crippen LogP) is 5.18. The molecule has 0 aliphatic carbocycles. The van der Waals surface area contributed by atoms with Gasteiger partial charge in [0, 0.05) is 5.57 Å². The number of carboxylic acid groups (broad SMARTS) is 1. The van der Waals surface area contributed by atoms with Gasteiger partial charge in [-0.05, 0) is 30.5 Å². The van der Waals surface area contributed by atoms with E-state index in [1.807, 2.05) is 6.08 Å². The third-order valence-corrected chi connectivity index (χ3v) is 11.2. The Morgan fingerprint density at radius 2 is 1.74 bits per heavy atom. The van der Waals surface area contributed by atoms with Gasteiger partial charge in [0.15, 0.2) is 0 Å². The van der Waals surface area contributed by atoms with Crippen molar-refractivity contribution in [3.05, 3.63) is 23.4 Å². The normalized spacial score (nSPS) is 13.7. The highest BCUT2D eigenvalue weighted by atomic mass is 28.3. The van der Waals surface area contributed by atoms with E-state index >= 15 is 0 Å². The second-order valence-corrected chi connectivity index (χ2v) is 11.4. The molecule has 2 nitrogen and oxygen atoms in total. The number of allylic oxidation sites excluding steroid dienone is 2. The summed E-state index contributed by atoms with van der Waals surface area (Å²) in [5.41, 5.74) is 1.64. The summed E-state index contributed by atoms with van der Waals surface area (Å²) in [4.78, 5) is 11.5. The monoisotopic (exact) mass is 282 g/mol. The lowest BCUT2D eigenvalue weighted by Gasteiger charge is -2.42. The minimum absolute atomic E-state index is 0.529. The van der Waals surface area contributed by atoms with E-state index < -0.39 is 14.0 Å². The van der Waals surface area contributed by atoms with Crippen molar-refractivity contribution in [3.63, 3.8) is 0 Å². The first-order valence-corrected chi connectivity index (χ1v) is 9.66. The van der Waals surface area contributed by atoms with Crippen LogP contribution in [0.2, 0.25) is 17.1 Å². The zero-order chi connectivity index (χ0) is 15.2. The second-order valence-electron chi connectivity index (χ2n) is 6.00. The van der Waals surface area contributed by atoms with Crippen molar-refractivity contribution >= 4 is 14.0 Å². The van der Waals surface area contributed by atoms with Crippen LogP contribution in [0.4, 0.5) is 0 Å². The summed E-state index contributed by atoms with van der Waals surface area (Å²) in [6.07, 6.45) is 3.91. The van der Waals surface area contributed by atoms with Crippen molar-refractivity contribution < 1.29 is 9.90 Å². The molecule has 0 heterocycles. The zero-order valence-electron chi connectivity index (χ0n) is 13.4. The molecule has 110 valence electrons. The molecule has 0 spiro atoms. The van der Waals surface area contributed by atoms with Crippen molar-refractivity contribution in [1.29, 1.82) is 0 Å². The number of carbonyl (C=O) groups is 1. The average Bonchev–Trinajstić information content (AvgIpc) is 2.31. The van der Waals surface area contributed by atoms with Crippen LogP contribution in [-0.2, 0) is 4.79 Å². The van der Waals surface area contributed by atoms with E-state index in [1.165, 1.54) is 5.20 Å². The SMILES string of the molecule is C=CC[Si](C(CCC)=C(C)C(=O)O)(C(C)C)C(C)C. The van der Waals surface area contributed by atoms with E-state index in [2.05, 4.69) is 41.2 Å². The molecule has 0 aromatic heterocycles. The molecular weight excluding hydrogens is 252 g/mol. The van der Waals surface area contributed by atoms with Gasteiger partial charge < -0.3 is 5.11 Å². The predicted molar refractivity (Wildman–Crippen MR) is 86.2 cm³/mol. The van der Waals surface area contributed by atoms with Gasteiger partial charge in [-0.1, -0.05) is 52.3 Å². The van der Waals surface area contributed by atoms with Gasteiger partial charge in [0.25, 0.3) is 0 Å². The summed E-state index contributed by atoms with van der Waals surface area (Å²) in [5.74, 6) is -0.759. The molecule has 0 aliphatic rings. The Morgan fingerprint density at radius 1 is 1.26 bits per heavy atom. The Labute approximate surface area is 119 Å². The van der Waals surface area contributed by atoms with Crippen LogP contribution in [0.5, 0.6) is 0 Å². The quantitative estimate of drug-likeness (QED) is 0.378. The van der Waals surface area contributed by atoms with Gasteiger partial charge >= 0.3 is 5.97 Å². The lowest BCUT2D eigenvalue weighted by Crippen LogP contribution is -2.44. The van der Waals surface area contributed by atoms with Crippen LogP contribution in [-0.4, -0.2) is 19.1 Å². The first kappa shape index (κ1) is 18.2. The molecular formula is C16H30O2Si. The number of rotatable bonds is 8. The largest absolute Gasteiger partial charge is 0.478 e. The summed E-state index contributed by atoms with van der Waals surface area (Å²) in [7, 11) is -1.85. The Hall–Kier alpha value is -0.833. The molecule has 0 saturated heterocycles. The molecule has 0 fully saturated rings. The van der Waals surface area contributed by atoms with E-state index in [1.54, 1.807) is 6.92 Å². The van der Waals surface area contributed by atoms with Crippen molar-refractivity contribution in [1.82, 2.24) is 0 Å². The lowest BCUT2D eigenvalue weighted by atomic mass is 10.2. The Bertz CT molecular complexity index is 346. The van der Waals surface area contributed by atoms with E-state index in [9.17, 15) is 9.90 Å². The molecule has 0 aromatic rings. The Morgan fingerprint density at radius 3 is 2.00 bits per heavy atom. The molecule has 0 unspecified atom stereocenters. The maximum absolute atomic E-state index is 11.5. The highest BCUT2D eigenvalue weighted by Gasteiger charge is 2.42. The fourth-order valence-electron chi connectivity index (χ4n) is 3.35. The summed E-state index contributed by atoms with van der Waals surface area (Å²) in [6, 6.07) is 0.974. The van der Waals surface area contributed by atoms with Crippen molar-refractivity contribution in [2.24, 2.45) is 0 Å². The number of hydrogen-bond acceptors (Lipinski definition) is 1. The molecule has 0 bridgehead atoms. The number of aliphatic carboxylic acids is 1. The molecule has 1 N–H and O–H groups in total. The average molecular weight is 282 g/mol. The molecule has 3 heteroatoms. The molecule has 0 atom stereocenters. The lowest BCUT2D eigenvalue weighted by molar-refractivity contribution is -0.132. The maximum Gasteiger partial charge on any atom is 0.330 e. The van der Waals surface area contributed by atoms with E-state index in [0.717, 1.165) is 18.9 Å². The topological polar surface area (TPSA) is 37.3 Å². The van der Waals surface area contributed by atoms with Gasteiger partial charge in [0.1, 0.15) is 0 Å². The van der Waals surface area contributed by atoms with E-state index in [4.69, 9.17) is 0 Å². The molecule has 0 amide bonds. The van der Waals surface area contributed by atoms with Gasteiger partial charge in [-0.15, -0.1) is 6.58 Å². The van der Waals surface area contributed by atoms with E-state index in [-0.39, 0.29) is 0 Å². The molecule has 0 aliphatic heterocycles. The second kappa shape index (κ2) is 7.68. The van der Waals surface area contributed by atoms with Crippen molar-refractivity contribution in [3.8, 4) is 0 Å². The van der Waals surface area contributed by atoms with Crippen LogP contribution in [0, 0.1) is 0 Å². The number of carboxylic acids is 1. The maximum atomic E-state index is 11.5. The van der Waals surface area contributed by atoms with Crippen molar-refractivity contribution in [2.45, 2.75) is 71.5 Å². The third-order valence-electron chi connectivity index (χ3n) is 4.38. The smallest absolute Gasteiger partial charge is 0.330 e. The molecule has 0 rings (SSSR count). The summed E-state index contributed by atoms with van der Waals surface area (Å²) < 4.78 is 0. The van der Waals surface area contributed by atoms with Crippen LogP contribution in [0.15, 0.2) is 23.4 Å². The van der Waals surface area contributed by atoms with Gasteiger partial charge in [0.2, 0.25) is 0 Å². The molecule has 0 aromatic carbocycles. The highest BCUT2D eigenvalue weighted by Crippen LogP contribution is 2.44. The van der Waals surface area contributed by atoms with Gasteiger partial charge in [-0.25, -0.2) is 4.79 Å². The summed E-state index contributed by atoms with van der Waals surface area (Å²) in [5, 5.41) is 10.7. The van der Waals surface area contributed by atoms with Crippen LogP contribution >= 0.6 is 0 Å².